The first-order valence-electron chi connectivity index (χ1n) is 6.86. The van der Waals surface area contributed by atoms with Crippen molar-refractivity contribution in [3.8, 4) is 0 Å². The van der Waals surface area contributed by atoms with Crippen LogP contribution in [0.5, 0.6) is 0 Å². The van der Waals surface area contributed by atoms with Crippen LogP contribution in [-0.2, 0) is 4.74 Å². The summed E-state index contributed by atoms with van der Waals surface area (Å²) < 4.78 is 42.0. The molecule has 0 aliphatic rings. The normalized spacial score (nSPS) is 15.7. The van der Waals surface area contributed by atoms with E-state index in [0.717, 1.165) is 19.4 Å². The van der Waals surface area contributed by atoms with Gasteiger partial charge in [0.05, 0.1) is 6.10 Å². The molecule has 110 valence electrons. The van der Waals surface area contributed by atoms with Crippen LogP contribution in [0.3, 0.4) is 0 Å². The number of hydrogen-bond acceptors (Lipinski definition) is 2. The fraction of sp³-hybridized carbons (Fsp3) is 1.00. The zero-order chi connectivity index (χ0) is 14.0. The van der Waals surface area contributed by atoms with Gasteiger partial charge in [-0.3, -0.25) is 0 Å². The van der Waals surface area contributed by atoms with Gasteiger partial charge in [0.2, 0.25) is 0 Å². The minimum absolute atomic E-state index is 0.0215. The topological polar surface area (TPSA) is 21.3 Å². The SMILES string of the molecule is CCCC(OCC)C(CCCC(F)(F)F)NCC. The Morgan fingerprint density at radius 1 is 1.11 bits per heavy atom. The molecule has 0 spiro atoms. The van der Waals surface area contributed by atoms with Crippen LogP contribution < -0.4 is 5.32 Å². The Labute approximate surface area is 108 Å². The van der Waals surface area contributed by atoms with Gasteiger partial charge in [-0.1, -0.05) is 20.3 Å². The highest BCUT2D eigenvalue weighted by Gasteiger charge is 2.28. The molecule has 0 aromatic heterocycles. The predicted molar refractivity (Wildman–Crippen MR) is 67.7 cm³/mol. The predicted octanol–water partition coefficient (Wildman–Crippen LogP) is 3.90. The van der Waals surface area contributed by atoms with Gasteiger partial charge < -0.3 is 10.1 Å². The van der Waals surface area contributed by atoms with Crippen LogP contribution in [0.15, 0.2) is 0 Å². The summed E-state index contributed by atoms with van der Waals surface area (Å²) in [5.41, 5.74) is 0. The summed E-state index contributed by atoms with van der Waals surface area (Å²) in [5.74, 6) is 0. The molecule has 2 unspecified atom stereocenters. The number of halogens is 3. The van der Waals surface area contributed by atoms with Crippen molar-refractivity contribution >= 4 is 0 Å². The van der Waals surface area contributed by atoms with Crippen molar-refractivity contribution in [2.45, 2.75) is 71.2 Å². The average molecular weight is 269 g/mol. The van der Waals surface area contributed by atoms with Crippen LogP contribution in [0.2, 0.25) is 0 Å². The zero-order valence-electron chi connectivity index (χ0n) is 11.6. The highest BCUT2D eigenvalue weighted by molar-refractivity contribution is 4.77. The van der Waals surface area contributed by atoms with Crippen molar-refractivity contribution < 1.29 is 17.9 Å². The van der Waals surface area contributed by atoms with Crippen molar-refractivity contribution in [1.29, 1.82) is 0 Å². The van der Waals surface area contributed by atoms with E-state index < -0.39 is 12.6 Å². The fourth-order valence-corrected chi connectivity index (χ4v) is 2.10. The molecular formula is C13H26F3NO. The maximum absolute atomic E-state index is 12.1. The van der Waals surface area contributed by atoms with E-state index in [-0.39, 0.29) is 18.6 Å². The molecule has 0 rings (SSSR count). The van der Waals surface area contributed by atoms with Gasteiger partial charge in [-0.25, -0.2) is 0 Å². The van der Waals surface area contributed by atoms with Gasteiger partial charge in [0, 0.05) is 19.1 Å². The van der Waals surface area contributed by atoms with Crippen LogP contribution >= 0.6 is 0 Å². The molecule has 5 heteroatoms. The summed E-state index contributed by atoms with van der Waals surface area (Å²) in [5, 5.41) is 3.25. The molecule has 0 saturated heterocycles. The lowest BCUT2D eigenvalue weighted by Crippen LogP contribution is -2.41. The Bertz CT molecular complexity index is 191. The second-order valence-corrected chi connectivity index (χ2v) is 4.45. The number of alkyl halides is 3. The minimum atomic E-state index is -4.05. The van der Waals surface area contributed by atoms with Crippen LogP contribution in [0.1, 0.15) is 52.9 Å². The van der Waals surface area contributed by atoms with E-state index >= 15 is 0 Å². The Balaban J connectivity index is 4.23. The smallest absolute Gasteiger partial charge is 0.377 e. The second kappa shape index (κ2) is 9.62. The Hall–Kier alpha value is -0.290. The molecule has 2 nitrogen and oxygen atoms in total. The number of nitrogens with one attached hydrogen (secondary N) is 1. The van der Waals surface area contributed by atoms with Gasteiger partial charge in [0.15, 0.2) is 0 Å². The quantitative estimate of drug-likeness (QED) is 0.649. The molecule has 0 aromatic rings. The van der Waals surface area contributed by atoms with E-state index in [1.54, 1.807) is 0 Å². The summed E-state index contributed by atoms with van der Waals surface area (Å²) in [4.78, 5) is 0. The third-order valence-corrected chi connectivity index (χ3v) is 2.84. The number of likely N-dealkylation sites (N-methyl/N-ethyl adjacent to an activating group) is 1. The summed E-state index contributed by atoms with van der Waals surface area (Å²) in [6.45, 7) is 7.30. The monoisotopic (exact) mass is 269 g/mol. The number of hydrogen-bond donors (Lipinski definition) is 1. The van der Waals surface area contributed by atoms with Gasteiger partial charge in [0.25, 0.3) is 0 Å². The van der Waals surface area contributed by atoms with Crippen molar-refractivity contribution in [2.75, 3.05) is 13.2 Å². The highest BCUT2D eigenvalue weighted by Crippen LogP contribution is 2.24. The second-order valence-electron chi connectivity index (χ2n) is 4.45. The molecule has 0 radical (unpaired) electrons. The van der Waals surface area contributed by atoms with E-state index in [1.165, 1.54) is 0 Å². The molecule has 0 aliphatic carbocycles. The molecule has 0 aromatic carbocycles. The van der Waals surface area contributed by atoms with Crippen LogP contribution in [0.4, 0.5) is 13.2 Å². The third kappa shape index (κ3) is 8.75. The van der Waals surface area contributed by atoms with E-state index in [4.69, 9.17) is 4.74 Å². The van der Waals surface area contributed by atoms with Gasteiger partial charge in [-0.2, -0.15) is 13.2 Å². The molecule has 0 fully saturated rings. The summed E-state index contributed by atoms with van der Waals surface area (Å²) in [7, 11) is 0. The van der Waals surface area contributed by atoms with Crippen molar-refractivity contribution in [1.82, 2.24) is 5.32 Å². The van der Waals surface area contributed by atoms with Crippen molar-refractivity contribution in [2.24, 2.45) is 0 Å². The minimum Gasteiger partial charge on any atom is -0.377 e. The maximum atomic E-state index is 12.1. The molecule has 2 atom stereocenters. The van der Waals surface area contributed by atoms with Gasteiger partial charge in [-0.15, -0.1) is 0 Å². The molecule has 0 bridgehead atoms. The molecule has 0 aliphatic heterocycles. The lowest BCUT2D eigenvalue weighted by molar-refractivity contribution is -0.136. The molecule has 0 saturated carbocycles. The number of rotatable bonds is 10. The summed E-state index contributed by atoms with van der Waals surface area (Å²) in [6, 6.07) is 0.0252. The molecule has 0 amide bonds. The molecule has 1 N–H and O–H groups in total. The first kappa shape index (κ1) is 17.7. The number of ether oxygens (including phenoxy) is 1. The van der Waals surface area contributed by atoms with Gasteiger partial charge >= 0.3 is 6.18 Å². The van der Waals surface area contributed by atoms with Crippen LogP contribution in [-0.4, -0.2) is 31.5 Å². The summed E-state index contributed by atoms with van der Waals surface area (Å²) >= 11 is 0. The van der Waals surface area contributed by atoms with E-state index in [2.05, 4.69) is 12.2 Å². The largest absolute Gasteiger partial charge is 0.389 e. The Morgan fingerprint density at radius 2 is 1.78 bits per heavy atom. The third-order valence-electron chi connectivity index (χ3n) is 2.84. The van der Waals surface area contributed by atoms with Crippen molar-refractivity contribution in [3.63, 3.8) is 0 Å². The lowest BCUT2D eigenvalue weighted by atomic mass is 10.00. The fourth-order valence-electron chi connectivity index (χ4n) is 2.10. The highest BCUT2D eigenvalue weighted by atomic mass is 19.4. The van der Waals surface area contributed by atoms with Gasteiger partial charge in [-0.05, 0) is 32.7 Å². The van der Waals surface area contributed by atoms with E-state index in [1.807, 2.05) is 13.8 Å². The molecule has 18 heavy (non-hydrogen) atoms. The molecule has 0 heterocycles. The molecular weight excluding hydrogens is 243 g/mol. The standard InChI is InChI=1S/C13H26F3NO/c1-4-8-12(18-6-3)11(17-5-2)9-7-10-13(14,15)16/h11-12,17H,4-10H2,1-3H3. The van der Waals surface area contributed by atoms with Gasteiger partial charge in [0.1, 0.15) is 0 Å². The zero-order valence-corrected chi connectivity index (χ0v) is 11.6. The lowest BCUT2D eigenvalue weighted by Gasteiger charge is -2.27. The summed E-state index contributed by atoms with van der Waals surface area (Å²) in [6.07, 6.45) is -2.20. The van der Waals surface area contributed by atoms with E-state index in [0.29, 0.717) is 13.0 Å². The van der Waals surface area contributed by atoms with Crippen molar-refractivity contribution in [3.05, 3.63) is 0 Å². The Morgan fingerprint density at radius 3 is 2.22 bits per heavy atom. The maximum Gasteiger partial charge on any atom is 0.389 e. The Kier molecular flexibility index (Phi) is 9.46. The first-order valence-corrected chi connectivity index (χ1v) is 6.86. The van der Waals surface area contributed by atoms with Crippen LogP contribution in [0.25, 0.3) is 0 Å². The average Bonchev–Trinajstić information content (AvgIpc) is 2.26. The van der Waals surface area contributed by atoms with Crippen LogP contribution in [0, 0.1) is 0 Å². The van der Waals surface area contributed by atoms with E-state index in [9.17, 15) is 13.2 Å². The first-order chi connectivity index (χ1) is 8.44.